The van der Waals surface area contributed by atoms with Gasteiger partial charge in [0, 0.05) is 59.8 Å². The molecule has 2 aliphatic rings. The van der Waals surface area contributed by atoms with Crippen LogP contribution >= 0.6 is 11.6 Å². The molecular weight excluding hydrogens is 924 g/mol. The van der Waals surface area contributed by atoms with Crippen LogP contribution < -0.4 is 0 Å². The van der Waals surface area contributed by atoms with Crippen molar-refractivity contribution in [3.63, 3.8) is 0 Å². The number of likely N-dealkylation sites (tertiary alicyclic amines) is 2. The molecule has 65 heavy (non-hydrogen) atoms. The summed E-state index contributed by atoms with van der Waals surface area (Å²) >= 11 is 4.72. The van der Waals surface area contributed by atoms with Crippen LogP contribution in [0.2, 0.25) is 19.6 Å². The van der Waals surface area contributed by atoms with Gasteiger partial charge in [0.2, 0.25) is 5.84 Å². The van der Waals surface area contributed by atoms with E-state index in [2.05, 4.69) is 34.0 Å². The second kappa shape index (κ2) is 24.0. The van der Waals surface area contributed by atoms with Gasteiger partial charge >= 0.3 is 29.8 Å². The number of hydrogen-bond acceptors (Lipinski definition) is 9. The molecule has 2 unspecified atom stereocenters. The number of benzene rings is 2. The van der Waals surface area contributed by atoms with Gasteiger partial charge in [-0.05, 0) is 61.3 Å². The Balaban J connectivity index is 0.000000512. The molecule has 0 spiro atoms. The number of halogens is 9. The molecule has 25 heteroatoms. The molecule has 0 aliphatic carbocycles. The molecule has 0 aromatic heterocycles. The lowest BCUT2D eigenvalue weighted by atomic mass is 9.94. The Morgan fingerprint density at radius 3 is 1.37 bits per heavy atom. The Hall–Kier alpha value is -5.70. The van der Waals surface area contributed by atoms with Crippen LogP contribution in [0.15, 0.2) is 12.1 Å². The van der Waals surface area contributed by atoms with Gasteiger partial charge in [-0.3, -0.25) is 14.6 Å². The molecule has 2 aromatic rings. The van der Waals surface area contributed by atoms with E-state index in [1.54, 1.807) is 54.3 Å². The van der Waals surface area contributed by atoms with Crippen LogP contribution in [0.5, 0.6) is 0 Å². The molecule has 0 radical (unpaired) electrons. The molecular formula is C40H50ClF8N6O9Si+. The van der Waals surface area contributed by atoms with Gasteiger partial charge in [-0.1, -0.05) is 19.6 Å². The Kier molecular flexibility index (Phi) is 21.2. The van der Waals surface area contributed by atoms with Crippen molar-refractivity contribution in [1.82, 2.24) is 9.80 Å². The number of amides is 2. The third-order valence-corrected chi connectivity index (χ3v) is 9.47. The van der Waals surface area contributed by atoms with Gasteiger partial charge in [-0.15, -0.1) is 0 Å². The maximum absolute atomic E-state index is 14.1. The minimum atomic E-state index is -1.60. The molecule has 2 N–H and O–H groups in total. The number of Topliss-reactive ketones (excluding diaryl/α,β-unsaturated/α-hetero) is 1. The number of ketones is 1. The number of aliphatic carboxylic acids is 1. The van der Waals surface area contributed by atoms with E-state index in [1.807, 2.05) is 0 Å². The number of rotatable bonds is 7. The molecule has 0 saturated carbocycles. The summed E-state index contributed by atoms with van der Waals surface area (Å²) in [5, 5.41) is 9.26. The largest absolute Gasteiger partial charge is 0.480 e. The zero-order chi connectivity index (χ0) is 50.5. The first-order chi connectivity index (χ1) is 29.7. The first-order valence-corrected chi connectivity index (χ1v) is 23.3. The number of nitrogens with zero attached hydrogens (tertiary/aromatic N) is 5. The molecule has 15 nitrogen and oxygen atoms in total. The average molecular weight is 974 g/mol. The molecule has 360 valence electrons. The van der Waals surface area contributed by atoms with E-state index in [0.29, 0.717) is 12.8 Å². The summed E-state index contributed by atoms with van der Waals surface area (Å²) in [5.74, 6) is -15.6. The highest BCUT2D eigenvalue weighted by Crippen LogP contribution is 2.38. The Morgan fingerprint density at radius 2 is 1.12 bits per heavy atom. The van der Waals surface area contributed by atoms with E-state index in [1.165, 1.54) is 0 Å². The molecule has 2 heterocycles. The average Bonchev–Trinajstić information content (AvgIpc) is 3.79. The minimum Gasteiger partial charge on any atom is -0.480 e. The maximum Gasteiger partial charge on any atom is 0.411 e. The number of hydrogen-bond donors (Lipinski definition) is 2. The van der Waals surface area contributed by atoms with Gasteiger partial charge in [-0.2, -0.15) is 4.79 Å². The standard InChI is InChI=1S/C17H18F4N3O3.C16H17F4NO4.C4H10N2Si.C3H5ClO2/c1-17(2,3)27-16(26)24-7-8(4-11(24)12(25)6-23-22)13-14(20)9(18)5-10(19)15(13)21;1-16(2,3)25-15(24)21-6-7(4-10(21)14(22)23)11-12(19)8(17)5-9(18)13(11)20;1-7(2,3)4-6-5;1-2-6-3(4)5/h5-6,8,11,22H,4,7H2,1-3H3;5,7,10H,4,6H2,1-3H3,(H,22,23);4H,1-3H3;2H2,1H3/q+1;;;/t8-,11?;7-,10?;;/m00../s1. The molecule has 2 saturated heterocycles. The predicted octanol–water partition coefficient (Wildman–Crippen LogP) is 9.18. The highest BCUT2D eigenvalue weighted by atomic mass is 35.5. The third-order valence-electron chi connectivity index (χ3n) is 8.47. The SMILES string of the molecule is CC(C)(C)OC(=O)N1C[C@@H](c2c(F)c(F)cc(F)c2F)CC1C(=O)C=[N+]=N.CC(C)(C)OC(=O)N1C[C@@H](c2c(F)c(F)cc(F)c2F)CC1C(=O)O.CCOC(=O)Cl.C[Si](C)(C)C=[N+]=[N-]. The zero-order valence-electron chi connectivity index (χ0n) is 37.0. The first-order valence-electron chi connectivity index (χ1n) is 19.3. The van der Waals surface area contributed by atoms with E-state index in [0.717, 1.165) is 9.80 Å². The van der Waals surface area contributed by atoms with Crippen LogP contribution in [0.4, 0.5) is 49.5 Å². The van der Waals surface area contributed by atoms with Crippen LogP contribution in [0, 0.1) is 52.1 Å². The van der Waals surface area contributed by atoms with Gasteiger partial charge < -0.3 is 24.8 Å². The number of carboxylic acids is 1. The Labute approximate surface area is 374 Å². The first kappa shape index (κ1) is 57.3. The van der Waals surface area contributed by atoms with E-state index in [9.17, 15) is 64.2 Å². The third kappa shape index (κ3) is 17.7. The maximum atomic E-state index is 14.1. The summed E-state index contributed by atoms with van der Waals surface area (Å²) in [6.07, 6.45) is -1.98. The van der Waals surface area contributed by atoms with Gasteiger partial charge in [0.1, 0.15) is 23.3 Å². The van der Waals surface area contributed by atoms with Crippen LogP contribution in [0.1, 0.15) is 84.3 Å². The summed E-state index contributed by atoms with van der Waals surface area (Å²) in [4.78, 5) is 65.2. The molecule has 2 aliphatic heterocycles. The second-order valence-electron chi connectivity index (χ2n) is 17.2. The number of carbonyl (C=O) groups is 5. The number of nitrogens with one attached hydrogen (secondary N) is 1. The normalized spacial score (nSPS) is 17.9. The monoisotopic (exact) mass is 973 g/mol. The molecule has 2 amide bonds. The van der Waals surface area contributed by atoms with Gasteiger partial charge in [-0.25, -0.2) is 54.3 Å². The van der Waals surface area contributed by atoms with Crippen LogP contribution in [-0.2, 0) is 23.8 Å². The van der Waals surface area contributed by atoms with Crippen molar-refractivity contribution >= 4 is 61.1 Å². The quantitative estimate of drug-likeness (QED) is 0.0395. The lowest BCUT2D eigenvalue weighted by molar-refractivity contribution is -0.142. The second-order valence-corrected chi connectivity index (χ2v) is 22.5. The fraction of sp³-hybridized carbons (Fsp3) is 0.525. The highest BCUT2D eigenvalue weighted by molar-refractivity contribution is 6.98. The fourth-order valence-corrected chi connectivity index (χ4v) is 6.43. The van der Waals surface area contributed by atoms with Crippen molar-refractivity contribution in [1.29, 1.82) is 5.53 Å². The number of carbonyl (C=O) groups excluding carboxylic acids is 4. The lowest BCUT2D eigenvalue weighted by Crippen LogP contribution is -2.43. The molecule has 4 atom stereocenters. The van der Waals surface area contributed by atoms with E-state index >= 15 is 0 Å². The van der Waals surface area contributed by atoms with Crippen LogP contribution in [0.3, 0.4) is 0 Å². The number of carboxylic acid groups (broad SMARTS) is 1. The van der Waals surface area contributed by atoms with Gasteiger partial charge in [0.25, 0.3) is 5.78 Å². The van der Waals surface area contributed by atoms with Crippen LogP contribution in [-0.4, -0.2) is 117 Å². The highest BCUT2D eigenvalue weighted by Gasteiger charge is 2.46. The van der Waals surface area contributed by atoms with Crippen molar-refractivity contribution in [2.24, 2.45) is 0 Å². The summed E-state index contributed by atoms with van der Waals surface area (Å²) in [6.45, 7) is 17.0. The van der Waals surface area contributed by atoms with E-state index in [4.69, 9.17) is 32.1 Å². The summed E-state index contributed by atoms with van der Waals surface area (Å²) in [5.41, 5.74) is 10.4. The molecule has 2 aromatic carbocycles. The van der Waals surface area contributed by atoms with Gasteiger partial charge in [0.05, 0.1) is 16.9 Å². The smallest absolute Gasteiger partial charge is 0.411 e. The summed E-state index contributed by atoms with van der Waals surface area (Å²) in [7, 11) is -1.20. The topological polar surface area (TPSA) is 214 Å². The molecule has 2 fully saturated rings. The van der Waals surface area contributed by atoms with Crippen molar-refractivity contribution in [2.75, 3.05) is 19.7 Å². The van der Waals surface area contributed by atoms with Crippen molar-refractivity contribution in [3.05, 3.63) is 75.3 Å². The summed E-state index contributed by atoms with van der Waals surface area (Å²) in [6, 6.07) is -2.50. The minimum absolute atomic E-state index is 0.0728. The predicted molar refractivity (Wildman–Crippen MR) is 218 cm³/mol. The summed E-state index contributed by atoms with van der Waals surface area (Å²) < 4.78 is 124. The van der Waals surface area contributed by atoms with Crippen LogP contribution in [0.25, 0.3) is 5.53 Å². The van der Waals surface area contributed by atoms with Gasteiger partial charge in [0.15, 0.2) is 54.6 Å². The van der Waals surface area contributed by atoms with Crippen molar-refractivity contribution in [2.45, 2.75) is 116 Å². The zero-order valence-corrected chi connectivity index (χ0v) is 38.8. The van der Waals surface area contributed by atoms with E-state index < -0.39 is 150 Å². The van der Waals surface area contributed by atoms with Crippen molar-refractivity contribution < 1.29 is 88.0 Å². The fourth-order valence-electron chi connectivity index (χ4n) is 5.98. The molecule has 0 bridgehead atoms. The van der Waals surface area contributed by atoms with Crippen molar-refractivity contribution in [3.8, 4) is 0 Å². The Bertz CT molecular complexity index is 2140. The Morgan fingerprint density at radius 1 is 0.769 bits per heavy atom. The lowest BCUT2D eigenvalue weighted by Gasteiger charge is -2.27. The van der Waals surface area contributed by atoms with E-state index in [-0.39, 0.29) is 18.6 Å². The number of ether oxygens (including phenoxy) is 3. The molecule has 4 rings (SSSR count).